The van der Waals surface area contributed by atoms with Crippen molar-refractivity contribution in [3.8, 4) is 5.69 Å². The van der Waals surface area contributed by atoms with Gasteiger partial charge in [-0.05, 0) is 37.1 Å². The van der Waals surface area contributed by atoms with Crippen LogP contribution in [0.15, 0.2) is 36.9 Å². The second-order valence-corrected chi connectivity index (χ2v) is 7.04. The Hall–Kier alpha value is -2.74. The first-order valence-electron chi connectivity index (χ1n) is 9.45. The summed E-state index contributed by atoms with van der Waals surface area (Å²) in [6, 6.07) is 7.38. The van der Waals surface area contributed by atoms with Crippen LogP contribution in [0.1, 0.15) is 23.2 Å². The molecule has 1 aromatic carbocycles. The molecule has 0 atom stereocenters. The molecule has 3 heterocycles. The number of carbonyl (C=O) groups excluding carboxylic acids is 2. The smallest absolute Gasteiger partial charge is 0.253 e. The van der Waals surface area contributed by atoms with Gasteiger partial charge in [-0.2, -0.15) is 5.10 Å². The molecule has 0 unspecified atom stereocenters. The van der Waals surface area contributed by atoms with Crippen molar-refractivity contribution in [3.05, 3.63) is 42.5 Å². The lowest BCUT2D eigenvalue weighted by Crippen LogP contribution is -2.51. The maximum absolute atomic E-state index is 12.7. The molecule has 0 bridgehead atoms. The van der Waals surface area contributed by atoms with E-state index in [9.17, 15) is 9.59 Å². The van der Waals surface area contributed by atoms with Crippen molar-refractivity contribution in [2.24, 2.45) is 0 Å². The molecule has 2 amide bonds. The minimum absolute atomic E-state index is 0.0330. The summed E-state index contributed by atoms with van der Waals surface area (Å²) in [4.78, 5) is 34.9. The summed E-state index contributed by atoms with van der Waals surface area (Å²) in [5, 5.41) is 4.08. The summed E-state index contributed by atoms with van der Waals surface area (Å²) in [5.41, 5.74) is 1.54. The third-order valence-electron chi connectivity index (χ3n) is 5.27. The molecular weight excluding hydrogens is 344 g/mol. The minimum atomic E-state index is 0.0330. The molecule has 0 aliphatic carbocycles. The van der Waals surface area contributed by atoms with Gasteiger partial charge in [-0.1, -0.05) is 0 Å². The standard InChI is InChI=1S/C19H24N6O2/c26-18(23-7-1-2-8-23)13-22-9-11-24(12-10-22)19(27)16-3-5-17(6-4-16)25-15-20-14-21-25/h3-6,14-15H,1-2,7-13H2. The van der Waals surface area contributed by atoms with Gasteiger partial charge in [0.15, 0.2) is 0 Å². The Kier molecular flexibility index (Phi) is 5.15. The molecule has 2 fully saturated rings. The van der Waals surface area contributed by atoms with E-state index in [1.165, 1.54) is 6.33 Å². The Balaban J connectivity index is 1.30. The largest absolute Gasteiger partial charge is 0.342 e. The van der Waals surface area contributed by atoms with Gasteiger partial charge in [-0.3, -0.25) is 14.5 Å². The molecule has 0 radical (unpaired) electrons. The van der Waals surface area contributed by atoms with Crippen molar-refractivity contribution < 1.29 is 9.59 Å². The summed E-state index contributed by atoms with van der Waals surface area (Å²) < 4.78 is 1.66. The number of piperazine rings is 1. The molecule has 27 heavy (non-hydrogen) atoms. The fourth-order valence-electron chi connectivity index (χ4n) is 3.65. The van der Waals surface area contributed by atoms with Gasteiger partial charge in [-0.25, -0.2) is 9.67 Å². The molecule has 2 aliphatic rings. The van der Waals surface area contributed by atoms with Crippen molar-refractivity contribution in [1.29, 1.82) is 0 Å². The summed E-state index contributed by atoms with van der Waals surface area (Å²) >= 11 is 0. The Morgan fingerprint density at radius 3 is 2.22 bits per heavy atom. The first kappa shape index (κ1) is 17.7. The van der Waals surface area contributed by atoms with E-state index in [0.29, 0.717) is 25.2 Å². The first-order chi connectivity index (χ1) is 13.2. The van der Waals surface area contributed by atoms with Crippen molar-refractivity contribution in [2.75, 3.05) is 45.8 Å². The van der Waals surface area contributed by atoms with E-state index in [1.54, 1.807) is 11.0 Å². The van der Waals surface area contributed by atoms with E-state index in [-0.39, 0.29) is 11.8 Å². The molecule has 8 nitrogen and oxygen atoms in total. The fraction of sp³-hybridized carbons (Fsp3) is 0.474. The number of amides is 2. The number of aromatic nitrogens is 3. The topological polar surface area (TPSA) is 74.6 Å². The molecule has 2 saturated heterocycles. The molecular formula is C19H24N6O2. The number of hydrogen-bond donors (Lipinski definition) is 0. The average Bonchev–Trinajstić information content (AvgIpc) is 3.42. The number of rotatable bonds is 4. The lowest BCUT2D eigenvalue weighted by Gasteiger charge is -2.35. The van der Waals surface area contributed by atoms with E-state index in [4.69, 9.17) is 0 Å². The highest BCUT2D eigenvalue weighted by atomic mass is 16.2. The molecule has 2 aromatic rings. The molecule has 4 rings (SSSR count). The second-order valence-electron chi connectivity index (χ2n) is 7.04. The molecule has 2 aliphatic heterocycles. The van der Waals surface area contributed by atoms with E-state index >= 15 is 0 Å². The van der Waals surface area contributed by atoms with Crippen LogP contribution in [0.2, 0.25) is 0 Å². The Bertz CT molecular complexity index is 775. The number of likely N-dealkylation sites (tertiary alicyclic amines) is 1. The Labute approximate surface area is 158 Å². The van der Waals surface area contributed by atoms with Gasteiger partial charge in [0, 0.05) is 44.8 Å². The maximum Gasteiger partial charge on any atom is 0.253 e. The van der Waals surface area contributed by atoms with E-state index in [0.717, 1.165) is 44.7 Å². The Morgan fingerprint density at radius 1 is 0.889 bits per heavy atom. The lowest BCUT2D eigenvalue weighted by molar-refractivity contribution is -0.131. The first-order valence-corrected chi connectivity index (χ1v) is 9.45. The molecule has 0 N–H and O–H groups in total. The van der Waals surface area contributed by atoms with Crippen LogP contribution in [0.4, 0.5) is 0 Å². The van der Waals surface area contributed by atoms with Crippen LogP contribution in [0.3, 0.4) is 0 Å². The third kappa shape index (κ3) is 4.00. The molecule has 8 heteroatoms. The van der Waals surface area contributed by atoms with Crippen LogP contribution >= 0.6 is 0 Å². The molecule has 0 spiro atoms. The highest BCUT2D eigenvalue weighted by Gasteiger charge is 2.25. The van der Waals surface area contributed by atoms with Gasteiger partial charge in [0.05, 0.1) is 12.2 Å². The number of nitrogens with zero attached hydrogens (tertiary/aromatic N) is 6. The summed E-state index contributed by atoms with van der Waals surface area (Å²) in [5.74, 6) is 0.252. The van der Waals surface area contributed by atoms with Crippen LogP contribution in [-0.2, 0) is 4.79 Å². The lowest BCUT2D eigenvalue weighted by atomic mass is 10.1. The monoisotopic (exact) mass is 368 g/mol. The molecule has 1 aromatic heterocycles. The van der Waals surface area contributed by atoms with E-state index < -0.39 is 0 Å². The highest BCUT2D eigenvalue weighted by Crippen LogP contribution is 2.13. The maximum atomic E-state index is 12.7. The third-order valence-corrected chi connectivity index (χ3v) is 5.27. The average molecular weight is 368 g/mol. The zero-order chi connectivity index (χ0) is 18.6. The van der Waals surface area contributed by atoms with Crippen molar-refractivity contribution in [3.63, 3.8) is 0 Å². The van der Waals surface area contributed by atoms with Gasteiger partial charge < -0.3 is 9.80 Å². The summed E-state index contributed by atoms with van der Waals surface area (Å²) in [6.45, 7) is 5.02. The van der Waals surface area contributed by atoms with Gasteiger partial charge in [-0.15, -0.1) is 0 Å². The zero-order valence-corrected chi connectivity index (χ0v) is 15.3. The molecule has 0 saturated carbocycles. The van der Waals surface area contributed by atoms with Crippen LogP contribution in [0.25, 0.3) is 5.69 Å². The predicted octanol–water partition coefficient (Wildman–Crippen LogP) is 0.647. The number of hydrogen-bond acceptors (Lipinski definition) is 5. The van der Waals surface area contributed by atoms with Crippen LogP contribution in [0, 0.1) is 0 Å². The predicted molar refractivity (Wildman–Crippen MR) is 99.5 cm³/mol. The van der Waals surface area contributed by atoms with Gasteiger partial charge in [0.2, 0.25) is 5.91 Å². The van der Waals surface area contributed by atoms with Gasteiger partial charge >= 0.3 is 0 Å². The normalized spacial score (nSPS) is 18.1. The van der Waals surface area contributed by atoms with Crippen molar-refractivity contribution in [2.45, 2.75) is 12.8 Å². The summed E-state index contributed by atoms with van der Waals surface area (Å²) in [6.07, 6.45) is 5.33. The number of carbonyl (C=O) groups is 2. The zero-order valence-electron chi connectivity index (χ0n) is 15.3. The second kappa shape index (κ2) is 7.87. The van der Waals surface area contributed by atoms with Crippen LogP contribution < -0.4 is 0 Å². The van der Waals surface area contributed by atoms with Gasteiger partial charge in [0.25, 0.3) is 5.91 Å². The van der Waals surface area contributed by atoms with Crippen molar-refractivity contribution in [1.82, 2.24) is 29.5 Å². The SMILES string of the molecule is O=C(CN1CCN(C(=O)c2ccc(-n3cncn3)cc2)CC1)N1CCCC1. The summed E-state index contributed by atoms with van der Waals surface area (Å²) in [7, 11) is 0. The van der Waals surface area contributed by atoms with Crippen LogP contribution in [0.5, 0.6) is 0 Å². The highest BCUT2D eigenvalue weighted by molar-refractivity contribution is 5.94. The number of benzene rings is 1. The fourth-order valence-corrected chi connectivity index (χ4v) is 3.65. The Morgan fingerprint density at radius 2 is 1.59 bits per heavy atom. The van der Waals surface area contributed by atoms with Gasteiger partial charge in [0.1, 0.15) is 12.7 Å². The quantitative estimate of drug-likeness (QED) is 0.792. The minimum Gasteiger partial charge on any atom is -0.342 e. The molecule has 142 valence electrons. The van der Waals surface area contributed by atoms with Crippen molar-refractivity contribution >= 4 is 11.8 Å². The van der Waals surface area contributed by atoms with E-state index in [2.05, 4.69) is 15.0 Å². The van der Waals surface area contributed by atoms with Crippen LogP contribution in [-0.4, -0.2) is 87.1 Å². The van der Waals surface area contributed by atoms with E-state index in [1.807, 2.05) is 34.1 Å².